The van der Waals surface area contributed by atoms with Gasteiger partial charge in [-0.25, -0.2) is 4.39 Å². The van der Waals surface area contributed by atoms with Crippen LogP contribution in [0.2, 0.25) is 0 Å². The summed E-state index contributed by atoms with van der Waals surface area (Å²) in [7, 11) is 0. The first kappa shape index (κ1) is 17.6. The number of ether oxygens (including phenoxy) is 1. The number of rotatable bonds is 3. The molecule has 0 atom stereocenters. The molecule has 3 aromatic rings. The fourth-order valence-electron chi connectivity index (χ4n) is 2.21. The van der Waals surface area contributed by atoms with Crippen molar-refractivity contribution in [2.24, 2.45) is 0 Å². The number of benzene rings is 2. The Kier molecular flexibility index (Phi) is 4.61. The number of alkyl halides is 3. The van der Waals surface area contributed by atoms with Gasteiger partial charge < -0.3 is 4.74 Å². The highest BCUT2D eigenvalue weighted by Crippen LogP contribution is 2.28. The molecule has 0 aliphatic rings. The average Bonchev–Trinajstić information content (AvgIpc) is 2.91. The smallest absolute Gasteiger partial charge is 0.406 e. The zero-order chi connectivity index (χ0) is 18.2. The summed E-state index contributed by atoms with van der Waals surface area (Å²) < 4.78 is 55.5. The lowest BCUT2D eigenvalue weighted by Gasteiger charge is -2.11. The van der Waals surface area contributed by atoms with Crippen molar-refractivity contribution in [1.29, 1.82) is 0 Å². The monoisotopic (exact) mass is 387 g/mol. The molecule has 0 saturated heterocycles. The molecule has 3 rings (SSSR count). The van der Waals surface area contributed by atoms with Crippen molar-refractivity contribution in [2.45, 2.75) is 11.3 Å². The van der Waals surface area contributed by atoms with Crippen molar-refractivity contribution in [1.82, 2.24) is 4.57 Å². The Bertz CT molecular complexity index is 962. The number of thiol groups is 1. The van der Waals surface area contributed by atoms with Crippen LogP contribution in [-0.2, 0) is 0 Å². The Morgan fingerprint density at radius 2 is 1.76 bits per heavy atom. The lowest BCUT2D eigenvalue weighted by molar-refractivity contribution is -0.274. The lowest BCUT2D eigenvalue weighted by Crippen LogP contribution is -2.17. The summed E-state index contributed by atoms with van der Waals surface area (Å²) in [5.41, 5.74) is 1.21. The molecule has 1 aromatic heterocycles. The molecule has 9 heteroatoms. The molecule has 130 valence electrons. The predicted octanol–water partition coefficient (Wildman–Crippen LogP) is 4.89. The van der Waals surface area contributed by atoms with Gasteiger partial charge in [-0.2, -0.15) is 0 Å². The van der Waals surface area contributed by atoms with Crippen LogP contribution in [0.25, 0.3) is 16.9 Å². The summed E-state index contributed by atoms with van der Waals surface area (Å²) in [6.07, 6.45) is -4.79. The molecule has 0 amide bonds. The van der Waals surface area contributed by atoms with Gasteiger partial charge in [0.2, 0.25) is 0 Å². The molecule has 0 aliphatic carbocycles. The van der Waals surface area contributed by atoms with Crippen molar-refractivity contribution in [3.05, 3.63) is 63.3 Å². The van der Waals surface area contributed by atoms with Gasteiger partial charge in [-0.1, -0.05) is 17.4 Å². The van der Waals surface area contributed by atoms with Crippen molar-refractivity contribution in [3.8, 4) is 22.7 Å². The predicted molar refractivity (Wildman–Crippen MR) is 89.2 cm³/mol. The van der Waals surface area contributed by atoms with Crippen LogP contribution in [0.3, 0.4) is 0 Å². The number of aromatic nitrogens is 1. The average molecular weight is 387 g/mol. The van der Waals surface area contributed by atoms with Gasteiger partial charge in [-0.15, -0.1) is 25.8 Å². The van der Waals surface area contributed by atoms with E-state index in [0.29, 0.717) is 16.9 Å². The first-order chi connectivity index (χ1) is 11.7. The van der Waals surface area contributed by atoms with E-state index in [2.05, 4.69) is 17.4 Å². The van der Waals surface area contributed by atoms with Crippen LogP contribution in [0.1, 0.15) is 0 Å². The van der Waals surface area contributed by atoms with Crippen molar-refractivity contribution < 1.29 is 22.3 Å². The molecule has 0 radical (unpaired) electrons. The van der Waals surface area contributed by atoms with Crippen LogP contribution >= 0.6 is 24.0 Å². The fraction of sp³-hybridized carbons (Fsp3) is 0.0625. The van der Waals surface area contributed by atoms with Crippen LogP contribution in [0.15, 0.2) is 57.5 Å². The minimum absolute atomic E-state index is 0.168. The van der Waals surface area contributed by atoms with Gasteiger partial charge in [0.15, 0.2) is 0 Å². The van der Waals surface area contributed by atoms with Crippen LogP contribution in [0, 0.1) is 5.82 Å². The van der Waals surface area contributed by atoms with E-state index in [1.54, 1.807) is 11.4 Å². The highest BCUT2D eigenvalue weighted by Gasteiger charge is 2.31. The van der Waals surface area contributed by atoms with E-state index in [9.17, 15) is 22.4 Å². The standard InChI is InChI=1S/C16H9F4NO2S2/c17-12-7-9(1-6-14(12)24)13-8-25-15(22)21(13)10-2-4-11(5-3-10)23-16(18,19)20/h1-8,24H. The number of hydrogen-bond acceptors (Lipinski definition) is 4. The van der Waals surface area contributed by atoms with Gasteiger partial charge in [-0.3, -0.25) is 9.36 Å². The summed E-state index contributed by atoms with van der Waals surface area (Å²) in [6.45, 7) is 0. The third kappa shape index (κ3) is 3.88. The Hall–Kier alpha value is -2.26. The van der Waals surface area contributed by atoms with Crippen LogP contribution < -0.4 is 9.61 Å². The maximum atomic E-state index is 13.7. The Morgan fingerprint density at radius 3 is 2.36 bits per heavy atom. The Morgan fingerprint density at radius 1 is 1.08 bits per heavy atom. The van der Waals surface area contributed by atoms with Gasteiger partial charge >= 0.3 is 11.2 Å². The highest BCUT2D eigenvalue weighted by molar-refractivity contribution is 7.80. The summed E-state index contributed by atoms with van der Waals surface area (Å²) in [6, 6.07) is 9.15. The molecule has 2 aromatic carbocycles. The first-order valence-corrected chi connectivity index (χ1v) is 8.13. The molecular weight excluding hydrogens is 378 g/mol. The molecule has 0 unspecified atom stereocenters. The molecule has 25 heavy (non-hydrogen) atoms. The fourth-order valence-corrected chi connectivity index (χ4v) is 3.12. The van der Waals surface area contributed by atoms with E-state index < -0.39 is 17.9 Å². The van der Waals surface area contributed by atoms with E-state index in [-0.39, 0.29) is 9.77 Å². The second-order valence-corrected chi connectivity index (χ2v) is 6.23. The third-order valence-electron chi connectivity index (χ3n) is 3.27. The van der Waals surface area contributed by atoms with Crippen LogP contribution in [0.5, 0.6) is 5.75 Å². The maximum Gasteiger partial charge on any atom is 0.573 e. The number of halogens is 4. The van der Waals surface area contributed by atoms with E-state index in [1.807, 2.05) is 0 Å². The first-order valence-electron chi connectivity index (χ1n) is 6.80. The minimum Gasteiger partial charge on any atom is -0.406 e. The van der Waals surface area contributed by atoms with Gasteiger partial charge in [0.1, 0.15) is 11.6 Å². The van der Waals surface area contributed by atoms with Crippen LogP contribution in [-0.4, -0.2) is 10.9 Å². The topological polar surface area (TPSA) is 31.2 Å². The van der Waals surface area contributed by atoms with Crippen LogP contribution in [0.4, 0.5) is 17.6 Å². The number of thiazole rings is 1. The van der Waals surface area contributed by atoms with E-state index in [1.165, 1.54) is 28.8 Å². The molecule has 3 nitrogen and oxygen atoms in total. The molecular formula is C16H9F4NO2S2. The van der Waals surface area contributed by atoms with E-state index in [0.717, 1.165) is 23.5 Å². The van der Waals surface area contributed by atoms with Gasteiger partial charge in [0, 0.05) is 15.8 Å². The second-order valence-electron chi connectivity index (χ2n) is 4.93. The zero-order valence-electron chi connectivity index (χ0n) is 12.2. The number of hydrogen-bond donors (Lipinski definition) is 1. The molecule has 0 fully saturated rings. The molecule has 0 aliphatic heterocycles. The van der Waals surface area contributed by atoms with Gasteiger partial charge in [-0.05, 0) is 36.4 Å². The summed E-state index contributed by atoms with van der Waals surface area (Å²) in [5.74, 6) is -0.938. The largest absolute Gasteiger partial charge is 0.573 e. The van der Waals surface area contributed by atoms with E-state index >= 15 is 0 Å². The Balaban J connectivity index is 2.02. The summed E-state index contributed by atoms with van der Waals surface area (Å²) >= 11 is 4.86. The molecule has 0 bridgehead atoms. The maximum absolute atomic E-state index is 13.7. The SMILES string of the molecule is O=c1scc(-c2ccc(S)c(F)c2)n1-c1ccc(OC(F)(F)F)cc1. The van der Waals surface area contributed by atoms with Gasteiger partial charge in [0.25, 0.3) is 0 Å². The minimum atomic E-state index is -4.79. The van der Waals surface area contributed by atoms with Crippen molar-refractivity contribution in [3.63, 3.8) is 0 Å². The normalized spacial score (nSPS) is 11.6. The highest BCUT2D eigenvalue weighted by atomic mass is 32.1. The summed E-state index contributed by atoms with van der Waals surface area (Å²) in [4.78, 5) is 12.0. The van der Waals surface area contributed by atoms with Gasteiger partial charge in [0.05, 0.1) is 11.4 Å². The second kappa shape index (κ2) is 6.57. The van der Waals surface area contributed by atoms with Crippen molar-refractivity contribution in [2.75, 3.05) is 0 Å². The Labute approximate surface area is 148 Å². The van der Waals surface area contributed by atoms with E-state index in [4.69, 9.17) is 0 Å². The third-order valence-corrected chi connectivity index (χ3v) is 4.35. The molecule has 0 saturated carbocycles. The summed E-state index contributed by atoms with van der Waals surface area (Å²) in [5, 5.41) is 1.55. The molecule has 1 heterocycles. The molecule has 0 spiro atoms. The molecule has 0 N–H and O–H groups in total. The zero-order valence-corrected chi connectivity index (χ0v) is 14.0. The van der Waals surface area contributed by atoms with Crippen molar-refractivity contribution >= 4 is 24.0 Å². The lowest BCUT2D eigenvalue weighted by atomic mass is 10.1. The quantitative estimate of drug-likeness (QED) is 0.512. The number of nitrogens with zero attached hydrogens (tertiary/aromatic N) is 1.